The van der Waals surface area contributed by atoms with Crippen LogP contribution in [-0.2, 0) is 4.79 Å². The Labute approximate surface area is 85.0 Å². The van der Waals surface area contributed by atoms with Crippen LogP contribution in [0.3, 0.4) is 0 Å². The number of rotatable bonds is 7. The first kappa shape index (κ1) is 12.7. The summed E-state index contributed by atoms with van der Waals surface area (Å²) in [6.07, 6.45) is 7.07. The van der Waals surface area contributed by atoms with Crippen LogP contribution in [0.15, 0.2) is 11.6 Å². The van der Waals surface area contributed by atoms with Gasteiger partial charge in [0.05, 0.1) is 6.07 Å². The highest BCUT2D eigenvalue weighted by molar-refractivity contribution is 5.87. The average Bonchev–Trinajstić information content (AvgIpc) is 2.15. The summed E-state index contributed by atoms with van der Waals surface area (Å²) in [5.41, 5.74) is 0.226. The van der Waals surface area contributed by atoms with Crippen molar-refractivity contribution in [1.29, 1.82) is 5.26 Å². The van der Waals surface area contributed by atoms with E-state index in [0.717, 1.165) is 25.3 Å². The van der Waals surface area contributed by atoms with Crippen molar-refractivity contribution in [2.45, 2.75) is 45.4 Å². The molecule has 0 heterocycles. The first-order valence-electron chi connectivity index (χ1n) is 5.04. The zero-order chi connectivity index (χ0) is 10.8. The van der Waals surface area contributed by atoms with Crippen LogP contribution in [0.5, 0.6) is 0 Å². The zero-order valence-corrected chi connectivity index (χ0v) is 8.62. The fraction of sp³-hybridized carbons (Fsp3) is 0.636. The summed E-state index contributed by atoms with van der Waals surface area (Å²) < 4.78 is 0. The van der Waals surface area contributed by atoms with Gasteiger partial charge in [0.1, 0.15) is 0 Å². The van der Waals surface area contributed by atoms with E-state index < -0.39 is 5.97 Å². The third kappa shape index (κ3) is 6.24. The van der Waals surface area contributed by atoms with E-state index in [0.29, 0.717) is 6.42 Å². The predicted octanol–water partition coefficient (Wildman–Crippen LogP) is 2.88. The number of nitriles is 1. The van der Waals surface area contributed by atoms with E-state index in [4.69, 9.17) is 10.4 Å². The van der Waals surface area contributed by atoms with Crippen molar-refractivity contribution >= 4 is 5.97 Å². The van der Waals surface area contributed by atoms with Crippen molar-refractivity contribution < 1.29 is 9.90 Å². The molecular formula is C11H17NO2. The topological polar surface area (TPSA) is 61.1 Å². The second-order valence-electron chi connectivity index (χ2n) is 3.27. The number of hydrogen-bond donors (Lipinski definition) is 1. The number of carboxylic acids is 1. The molecule has 78 valence electrons. The fourth-order valence-electron chi connectivity index (χ4n) is 1.24. The summed E-state index contributed by atoms with van der Waals surface area (Å²) in [6.45, 7) is 2.14. The van der Waals surface area contributed by atoms with Gasteiger partial charge in [0.25, 0.3) is 0 Å². The lowest BCUT2D eigenvalue weighted by atomic mass is 10.1. The lowest BCUT2D eigenvalue weighted by molar-refractivity contribution is -0.132. The molecular weight excluding hydrogens is 178 g/mol. The van der Waals surface area contributed by atoms with Crippen LogP contribution in [-0.4, -0.2) is 11.1 Å². The van der Waals surface area contributed by atoms with Crippen LogP contribution in [0, 0.1) is 11.3 Å². The molecule has 0 aromatic heterocycles. The summed E-state index contributed by atoms with van der Waals surface area (Å²) in [6, 6.07) is 1.76. The van der Waals surface area contributed by atoms with Gasteiger partial charge in [0, 0.05) is 11.6 Å². The maximum atomic E-state index is 10.6. The lowest BCUT2D eigenvalue weighted by Crippen LogP contribution is -2.00. The van der Waals surface area contributed by atoms with Crippen LogP contribution >= 0.6 is 0 Å². The molecule has 0 fully saturated rings. The van der Waals surface area contributed by atoms with E-state index in [9.17, 15) is 4.79 Å². The Hall–Kier alpha value is -1.30. The Morgan fingerprint density at radius 1 is 1.36 bits per heavy atom. The molecule has 14 heavy (non-hydrogen) atoms. The number of carboxylic acid groups (broad SMARTS) is 1. The van der Waals surface area contributed by atoms with Gasteiger partial charge in [-0.05, 0) is 12.8 Å². The van der Waals surface area contributed by atoms with Crippen LogP contribution in [0.25, 0.3) is 0 Å². The van der Waals surface area contributed by atoms with Gasteiger partial charge >= 0.3 is 5.97 Å². The van der Waals surface area contributed by atoms with Gasteiger partial charge in [-0.1, -0.05) is 32.6 Å². The van der Waals surface area contributed by atoms with E-state index in [2.05, 4.69) is 6.92 Å². The fourth-order valence-corrected chi connectivity index (χ4v) is 1.24. The second kappa shape index (κ2) is 8.31. The predicted molar refractivity (Wildman–Crippen MR) is 54.7 cm³/mol. The monoisotopic (exact) mass is 195 g/mol. The van der Waals surface area contributed by atoms with Crippen molar-refractivity contribution in [1.82, 2.24) is 0 Å². The normalized spacial score (nSPS) is 11.0. The summed E-state index contributed by atoms with van der Waals surface area (Å²) >= 11 is 0. The molecule has 0 amide bonds. The summed E-state index contributed by atoms with van der Waals surface area (Å²) in [5, 5.41) is 17.0. The molecule has 3 heteroatoms. The molecule has 0 radical (unpaired) electrons. The van der Waals surface area contributed by atoms with Gasteiger partial charge in [-0.25, -0.2) is 4.79 Å². The molecule has 0 rings (SSSR count). The Morgan fingerprint density at radius 2 is 2.00 bits per heavy atom. The van der Waals surface area contributed by atoms with E-state index in [1.165, 1.54) is 12.8 Å². The molecule has 0 spiro atoms. The van der Waals surface area contributed by atoms with Crippen LogP contribution in [0.2, 0.25) is 0 Å². The number of unbranched alkanes of at least 4 members (excludes halogenated alkanes) is 4. The largest absolute Gasteiger partial charge is 0.478 e. The molecule has 0 aromatic rings. The van der Waals surface area contributed by atoms with Crippen molar-refractivity contribution in [3.63, 3.8) is 0 Å². The molecule has 0 unspecified atom stereocenters. The Morgan fingerprint density at radius 3 is 2.50 bits per heavy atom. The van der Waals surface area contributed by atoms with Crippen molar-refractivity contribution in [3.05, 3.63) is 11.6 Å². The smallest absolute Gasteiger partial charge is 0.332 e. The number of nitrogens with zero attached hydrogens (tertiary/aromatic N) is 1. The van der Waals surface area contributed by atoms with Crippen LogP contribution in [0.4, 0.5) is 0 Å². The van der Waals surface area contributed by atoms with E-state index >= 15 is 0 Å². The minimum atomic E-state index is -0.970. The van der Waals surface area contributed by atoms with E-state index in [1.807, 2.05) is 0 Å². The van der Waals surface area contributed by atoms with E-state index in [-0.39, 0.29) is 5.57 Å². The van der Waals surface area contributed by atoms with Crippen molar-refractivity contribution in [2.24, 2.45) is 0 Å². The van der Waals surface area contributed by atoms with Crippen molar-refractivity contribution in [2.75, 3.05) is 0 Å². The molecule has 0 aromatic carbocycles. The molecule has 0 aliphatic heterocycles. The molecule has 0 atom stereocenters. The standard InChI is InChI=1S/C11H17NO2/c1-2-3-4-5-6-7-10(8-9-12)11(13)14/h8H,2-7H2,1H3,(H,13,14). The number of aliphatic carboxylic acids is 1. The van der Waals surface area contributed by atoms with Gasteiger partial charge in [-0.2, -0.15) is 5.26 Å². The third-order valence-electron chi connectivity index (χ3n) is 2.06. The number of hydrogen-bond acceptors (Lipinski definition) is 2. The highest BCUT2D eigenvalue weighted by atomic mass is 16.4. The Bertz CT molecular complexity index is 238. The zero-order valence-electron chi connectivity index (χ0n) is 8.62. The molecule has 3 nitrogen and oxygen atoms in total. The molecule has 0 aliphatic rings. The highest BCUT2D eigenvalue weighted by Crippen LogP contribution is 2.10. The van der Waals surface area contributed by atoms with E-state index in [1.54, 1.807) is 6.07 Å². The maximum absolute atomic E-state index is 10.6. The summed E-state index contributed by atoms with van der Waals surface area (Å²) in [4.78, 5) is 10.6. The molecule has 0 saturated heterocycles. The molecule has 1 N–H and O–H groups in total. The molecule has 0 aliphatic carbocycles. The Balaban J connectivity index is 3.69. The van der Waals surface area contributed by atoms with Gasteiger partial charge in [0.2, 0.25) is 0 Å². The summed E-state index contributed by atoms with van der Waals surface area (Å²) in [5.74, 6) is -0.970. The van der Waals surface area contributed by atoms with Gasteiger partial charge in [0.15, 0.2) is 0 Å². The Kier molecular flexibility index (Phi) is 7.53. The highest BCUT2D eigenvalue weighted by Gasteiger charge is 2.05. The van der Waals surface area contributed by atoms with Crippen molar-refractivity contribution in [3.8, 4) is 6.07 Å². The first-order valence-corrected chi connectivity index (χ1v) is 5.04. The summed E-state index contributed by atoms with van der Waals surface area (Å²) in [7, 11) is 0. The lowest BCUT2D eigenvalue weighted by Gasteiger charge is -2.00. The minimum Gasteiger partial charge on any atom is -0.478 e. The minimum absolute atomic E-state index is 0.226. The number of carbonyl (C=O) groups is 1. The first-order chi connectivity index (χ1) is 6.72. The van der Waals surface area contributed by atoms with Crippen LogP contribution < -0.4 is 0 Å². The van der Waals surface area contributed by atoms with Gasteiger partial charge < -0.3 is 5.11 Å². The van der Waals surface area contributed by atoms with Gasteiger partial charge in [-0.15, -0.1) is 0 Å². The second-order valence-corrected chi connectivity index (χ2v) is 3.27. The molecule has 0 bridgehead atoms. The van der Waals surface area contributed by atoms with Gasteiger partial charge in [-0.3, -0.25) is 0 Å². The van der Waals surface area contributed by atoms with Crippen LogP contribution in [0.1, 0.15) is 45.4 Å². The number of allylic oxidation sites excluding steroid dienone is 1. The third-order valence-corrected chi connectivity index (χ3v) is 2.06. The SMILES string of the molecule is CCCCCCCC(=CC#N)C(=O)O. The average molecular weight is 195 g/mol. The molecule has 0 saturated carbocycles. The quantitative estimate of drug-likeness (QED) is 0.386. The maximum Gasteiger partial charge on any atom is 0.332 e.